The molecule has 2 unspecified atom stereocenters. The lowest BCUT2D eigenvalue weighted by atomic mass is 9.67. The van der Waals surface area contributed by atoms with Gasteiger partial charge < -0.3 is 10.0 Å². The average Bonchev–Trinajstić information content (AvgIpc) is 2.31. The van der Waals surface area contributed by atoms with Crippen LogP contribution in [-0.2, 0) is 9.59 Å². The number of carboxylic acids is 1. The molecule has 110 valence electrons. The highest BCUT2D eigenvalue weighted by atomic mass is 16.4. The van der Waals surface area contributed by atoms with Crippen molar-refractivity contribution in [1.82, 2.24) is 4.90 Å². The maximum Gasteiger partial charge on any atom is 0.308 e. The van der Waals surface area contributed by atoms with Crippen LogP contribution >= 0.6 is 0 Å². The van der Waals surface area contributed by atoms with E-state index in [2.05, 4.69) is 13.8 Å². The van der Waals surface area contributed by atoms with E-state index in [0.717, 1.165) is 6.42 Å². The van der Waals surface area contributed by atoms with Crippen molar-refractivity contribution in [3.05, 3.63) is 0 Å². The van der Waals surface area contributed by atoms with Crippen molar-refractivity contribution in [2.45, 2.75) is 52.9 Å². The van der Waals surface area contributed by atoms with Crippen LogP contribution in [0.15, 0.2) is 0 Å². The Balaban J connectivity index is 2.51. The fraction of sp³-hybridized carbons (Fsp3) is 0.867. The Bertz CT molecular complexity index is 338. The molecule has 19 heavy (non-hydrogen) atoms. The number of amides is 1. The number of hydrogen-bond acceptors (Lipinski definition) is 2. The Hall–Kier alpha value is -1.06. The first-order valence-corrected chi connectivity index (χ1v) is 7.21. The third-order valence-electron chi connectivity index (χ3n) is 4.54. The van der Waals surface area contributed by atoms with Gasteiger partial charge in [-0.15, -0.1) is 0 Å². The molecule has 1 fully saturated rings. The highest BCUT2D eigenvalue weighted by molar-refractivity contribution is 5.77. The molecule has 0 spiro atoms. The molecule has 0 bridgehead atoms. The molecule has 1 aliphatic carbocycles. The summed E-state index contributed by atoms with van der Waals surface area (Å²) >= 11 is 0. The molecule has 0 aromatic heterocycles. The van der Waals surface area contributed by atoms with Crippen LogP contribution in [0.3, 0.4) is 0 Å². The van der Waals surface area contributed by atoms with E-state index in [0.29, 0.717) is 18.9 Å². The van der Waals surface area contributed by atoms with Crippen LogP contribution in [0.1, 0.15) is 52.9 Å². The molecule has 0 saturated heterocycles. The largest absolute Gasteiger partial charge is 0.481 e. The summed E-state index contributed by atoms with van der Waals surface area (Å²) in [4.78, 5) is 24.6. The van der Waals surface area contributed by atoms with Gasteiger partial charge in [-0.1, -0.05) is 33.6 Å². The smallest absolute Gasteiger partial charge is 0.308 e. The number of hydrogen-bond donors (Lipinski definition) is 1. The van der Waals surface area contributed by atoms with Crippen molar-refractivity contribution >= 4 is 11.9 Å². The second-order valence-corrected chi connectivity index (χ2v) is 6.65. The number of nitrogens with zero attached hydrogens (tertiary/aromatic N) is 1. The molecule has 0 aromatic rings. The van der Waals surface area contributed by atoms with E-state index in [9.17, 15) is 9.59 Å². The summed E-state index contributed by atoms with van der Waals surface area (Å²) in [5.74, 6) is -0.852. The van der Waals surface area contributed by atoms with Gasteiger partial charge in [0.1, 0.15) is 0 Å². The van der Waals surface area contributed by atoms with E-state index in [-0.39, 0.29) is 11.3 Å². The van der Waals surface area contributed by atoms with E-state index in [1.165, 1.54) is 19.3 Å². The van der Waals surface area contributed by atoms with Gasteiger partial charge in [-0.3, -0.25) is 9.59 Å². The van der Waals surface area contributed by atoms with Crippen LogP contribution in [-0.4, -0.2) is 35.5 Å². The fourth-order valence-electron chi connectivity index (χ4n) is 2.90. The van der Waals surface area contributed by atoms with Crippen LogP contribution in [0.5, 0.6) is 0 Å². The molecule has 1 rings (SSSR count). The molecule has 1 N–H and O–H groups in total. The Labute approximate surface area is 116 Å². The van der Waals surface area contributed by atoms with Crippen molar-refractivity contribution < 1.29 is 14.7 Å². The summed E-state index contributed by atoms with van der Waals surface area (Å²) in [6.07, 6.45) is 5.30. The standard InChI is InChI=1S/C15H27NO3/c1-11(14(18)19)10-16(4)13(17)9-12-7-5-6-8-15(12,2)3/h11-12H,5-10H2,1-4H3,(H,18,19). The van der Waals surface area contributed by atoms with E-state index in [1.807, 2.05) is 0 Å². The average molecular weight is 269 g/mol. The van der Waals surface area contributed by atoms with Gasteiger partial charge in [0.05, 0.1) is 5.92 Å². The lowest BCUT2D eigenvalue weighted by Gasteiger charge is -2.39. The van der Waals surface area contributed by atoms with Crippen LogP contribution in [0.2, 0.25) is 0 Å². The normalized spacial score (nSPS) is 23.7. The van der Waals surface area contributed by atoms with Crippen LogP contribution in [0.25, 0.3) is 0 Å². The Morgan fingerprint density at radius 1 is 1.37 bits per heavy atom. The van der Waals surface area contributed by atoms with Gasteiger partial charge in [0.25, 0.3) is 0 Å². The lowest BCUT2D eigenvalue weighted by molar-refractivity contribution is -0.143. The molecule has 0 radical (unpaired) electrons. The minimum absolute atomic E-state index is 0.0769. The molecule has 1 amide bonds. The summed E-state index contributed by atoms with van der Waals surface area (Å²) in [5, 5.41) is 8.88. The molecule has 4 nitrogen and oxygen atoms in total. The third kappa shape index (κ3) is 4.51. The molecule has 0 aromatic carbocycles. The van der Waals surface area contributed by atoms with E-state index >= 15 is 0 Å². The molecule has 0 heterocycles. The summed E-state index contributed by atoms with van der Waals surface area (Å²) in [7, 11) is 1.71. The zero-order valence-corrected chi connectivity index (χ0v) is 12.6. The third-order valence-corrected chi connectivity index (χ3v) is 4.54. The zero-order chi connectivity index (χ0) is 14.6. The maximum absolute atomic E-state index is 12.2. The molecule has 4 heteroatoms. The number of carboxylic acid groups (broad SMARTS) is 1. The van der Waals surface area contributed by atoms with E-state index < -0.39 is 11.9 Å². The highest BCUT2D eigenvalue weighted by Crippen LogP contribution is 2.42. The predicted octanol–water partition coefficient (Wildman–Crippen LogP) is 2.77. The van der Waals surface area contributed by atoms with E-state index in [1.54, 1.807) is 18.9 Å². The minimum Gasteiger partial charge on any atom is -0.481 e. The monoisotopic (exact) mass is 269 g/mol. The van der Waals surface area contributed by atoms with Gasteiger partial charge in [0.15, 0.2) is 0 Å². The van der Waals surface area contributed by atoms with Gasteiger partial charge in [-0.2, -0.15) is 0 Å². The van der Waals surface area contributed by atoms with Crippen molar-refractivity contribution in [3.8, 4) is 0 Å². The highest BCUT2D eigenvalue weighted by Gasteiger charge is 2.34. The minimum atomic E-state index is -0.849. The van der Waals surface area contributed by atoms with Crippen molar-refractivity contribution in [3.63, 3.8) is 0 Å². The second kappa shape index (κ2) is 6.40. The Morgan fingerprint density at radius 2 is 2.00 bits per heavy atom. The molecule has 1 saturated carbocycles. The Morgan fingerprint density at radius 3 is 2.53 bits per heavy atom. The van der Waals surface area contributed by atoms with Gasteiger partial charge in [0.2, 0.25) is 5.91 Å². The SMILES string of the molecule is CC(CN(C)C(=O)CC1CCCCC1(C)C)C(=O)O. The molecule has 2 atom stereocenters. The lowest BCUT2D eigenvalue weighted by Crippen LogP contribution is -2.37. The first-order valence-electron chi connectivity index (χ1n) is 7.21. The number of carbonyl (C=O) groups is 2. The second-order valence-electron chi connectivity index (χ2n) is 6.65. The summed E-state index contributed by atoms with van der Waals surface area (Å²) in [5.41, 5.74) is 0.229. The van der Waals surface area contributed by atoms with E-state index in [4.69, 9.17) is 5.11 Å². The van der Waals surface area contributed by atoms with Crippen LogP contribution < -0.4 is 0 Å². The summed E-state index contributed by atoms with van der Waals surface area (Å²) in [6, 6.07) is 0. The zero-order valence-electron chi connectivity index (χ0n) is 12.6. The number of rotatable bonds is 5. The Kier molecular flexibility index (Phi) is 5.39. The molecular weight excluding hydrogens is 242 g/mol. The quantitative estimate of drug-likeness (QED) is 0.835. The van der Waals surface area contributed by atoms with Crippen molar-refractivity contribution in [1.29, 1.82) is 0 Å². The summed E-state index contributed by atoms with van der Waals surface area (Å²) < 4.78 is 0. The summed E-state index contributed by atoms with van der Waals surface area (Å²) in [6.45, 7) is 6.41. The maximum atomic E-state index is 12.2. The van der Waals surface area contributed by atoms with Crippen molar-refractivity contribution in [2.75, 3.05) is 13.6 Å². The molecular formula is C15H27NO3. The number of carbonyl (C=O) groups excluding carboxylic acids is 1. The van der Waals surface area contributed by atoms with Gasteiger partial charge in [-0.25, -0.2) is 0 Å². The fourth-order valence-corrected chi connectivity index (χ4v) is 2.90. The first-order chi connectivity index (χ1) is 8.74. The number of aliphatic carboxylic acids is 1. The molecule has 1 aliphatic rings. The van der Waals surface area contributed by atoms with Gasteiger partial charge in [-0.05, 0) is 24.2 Å². The van der Waals surface area contributed by atoms with Crippen LogP contribution in [0.4, 0.5) is 0 Å². The van der Waals surface area contributed by atoms with Crippen LogP contribution in [0, 0.1) is 17.3 Å². The topological polar surface area (TPSA) is 57.6 Å². The first kappa shape index (κ1) is 16.0. The van der Waals surface area contributed by atoms with Gasteiger partial charge >= 0.3 is 5.97 Å². The van der Waals surface area contributed by atoms with Crippen molar-refractivity contribution in [2.24, 2.45) is 17.3 Å². The molecule has 0 aliphatic heterocycles. The van der Waals surface area contributed by atoms with Gasteiger partial charge in [0, 0.05) is 20.0 Å². The predicted molar refractivity (Wildman–Crippen MR) is 74.8 cm³/mol.